The van der Waals surface area contributed by atoms with Crippen LogP contribution in [0, 0.1) is 0 Å². The maximum atomic E-state index is 3.72. The topological polar surface area (TPSA) is 3.24 Å². The fourth-order valence-corrected chi connectivity index (χ4v) is 0.972. The molecule has 1 nitrogen and oxygen atoms in total. The lowest BCUT2D eigenvalue weighted by atomic mass is 10.1. The zero-order chi connectivity index (χ0) is 6.69. The molecular formula is C8H13N. The molecule has 0 bridgehead atoms. The molecule has 1 rings (SSSR count). The van der Waals surface area contributed by atoms with Gasteiger partial charge in [0.2, 0.25) is 0 Å². The van der Waals surface area contributed by atoms with Gasteiger partial charge in [0.1, 0.15) is 0 Å². The molecule has 0 aliphatic carbocycles. The lowest BCUT2D eigenvalue weighted by Gasteiger charge is -2.19. The van der Waals surface area contributed by atoms with E-state index in [1.807, 2.05) is 6.08 Å². The maximum absolute atomic E-state index is 3.72. The van der Waals surface area contributed by atoms with Crippen LogP contribution < -0.4 is 0 Å². The van der Waals surface area contributed by atoms with Crippen LogP contribution in [-0.4, -0.2) is 25.0 Å². The smallest absolute Gasteiger partial charge is 0.0165 e. The first-order chi connectivity index (χ1) is 4.33. The third-order valence-corrected chi connectivity index (χ3v) is 1.71. The first-order valence-corrected chi connectivity index (χ1v) is 3.33. The van der Waals surface area contributed by atoms with Gasteiger partial charge < -0.3 is 4.90 Å². The summed E-state index contributed by atoms with van der Waals surface area (Å²) in [5.74, 6) is 0. The molecule has 0 saturated carbocycles. The van der Waals surface area contributed by atoms with Crippen molar-refractivity contribution >= 4 is 0 Å². The molecule has 0 spiro atoms. The Morgan fingerprint density at radius 2 is 2.56 bits per heavy atom. The van der Waals surface area contributed by atoms with E-state index in [1.54, 1.807) is 0 Å². The number of hydrogen-bond acceptors (Lipinski definition) is 1. The predicted octanol–water partition coefficient (Wildman–Crippen LogP) is 1.43. The minimum Gasteiger partial charge on any atom is -0.302 e. The summed E-state index contributed by atoms with van der Waals surface area (Å²) in [6, 6.07) is 0. The molecule has 0 aromatic rings. The summed E-state index contributed by atoms with van der Waals surface area (Å²) in [6.45, 7) is 5.99. The lowest BCUT2D eigenvalue weighted by molar-refractivity contribution is 0.361. The van der Waals surface area contributed by atoms with E-state index in [9.17, 15) is 0 Å². The summed E-state index contributed by atoms with van der Waals surface area (Å²) in [6.07, 6.45) is 5.35. The average molecular weight is 123 g/mol. The molecule has 0 N–H and O–H groups in total. The Balaban J connectivity index is 2.49. The van der Waals surface area contributed by atoms with Crippen molar-refractivity contribution in [2.45, 2.75) is 6.42 Å². The molecule has 1 aliphatic rings. The van der Waals surface area contributed by atoms with E-state index in [0.717, 1.165) is 6.54 Å². The Kier molecular flexibility index (Phi) is 2.06. The van der Waals surface area contributed by atoms with Crippen molar-refractivity contribution in [3.8, 4) is 0 Å². The molecule has 0 radical (unpaired) electrons. The summed E-state index contributed by atoms with van der Waals surface area (Å²) in [7, 11) is 2.14. The summed E-state index contributed by atoms with van der Waals surface area (Å²) in [5, 5.41) is 0. The molecule has 0 amide bonds. The van der Waals surface area contributed by atoms with E-state index in [2.05, 4.69) is 24.6 Å². The van der Waals surface area contributed by atoms with E-state index in [0.29, 0.717) is 0 Å². The summed E-state index contributed by atoms with van der Waals surface area (Å²) in [4.78, 5) is 2.30. The Hall–Kier alpha value is -0.560. The second-order valence-corrected chi connectivity index (χ2v) is 2.50. The minimum atomic E-state index is 1.08. The molecule has 1 heteroatoms. The Morgan fingerprint density at radius 1 is 1.78 bits per heavy atom. The minimum absolute atomic E-state index is 1.08. The first kappa shape index (κ1) is 6.56. The number of hydrogen-bond donors (Lipinski definition) is 0. The Morgan fingerprint density at radius 3 is 3.00 bits per heavy atom. The van der Waals surface area contributed by atoms with Gasteiger partial charge in [0.25, 0.3) is 0 Å². The number of nitrogens with zero attached hydrogens (tertiary/aromatic N) is 1. The van der Waals surface area contributed by atoms with E-state index >= 15 is 0 Å². The normalized spacial score (nSPS) is 21.2. The van der Waals surface area contributed by atoms with Crippen LogP contribution in [0.2, 0.25) is 0 Å². The number of rotatable bonds is 1. The van der Waals surface area contributed by atoms with Gasteiger partial charge in [-0.25, -0.2) is 0 Å². The van der Waals surface area contributed by atoms with E-state index < -0.39 is 0 Å². The quantitative estimate of drug-likeness (QED) is 0.510. The monoisotopic (exact) mass is 123 g/mol. The molecule has 1 heterocycles. The van der Waals surface area contributed by atoms with Crippen LogP contribution in [0.15, 0.2) is 24.3 Å². The molecule has 1 aliphatic heterocycles. The highest BCUT2D eigenvalue weighted by Crippen LogP contribution is 2.08. The highest BCUT2D eigenvalue weighted by molar-refractivity contribution is 5.18. The van der Waals surface area contributed by atoms with Crippen molar-refractivity contribution in [2.24, 2.45) is 0 Å². The SMILES string of the molecule is C=CC1=CCN(C)CC1. The Bertz CT molecular complexity index is 136. The van der Waals surface area contributed by atoms with Gasteiger partial charge in [-0.3, -0.25) is 0 Å². The standard InChI is InChI=1S/C8H13N/c1-3-8-4-6-9(2)7-5-8/h3-4H,1,5-7H2,2H3. The molecule has 0 fully saturated rings. The van der Waals surface area contributed by atoms with Crippen LogP contribution in [0.1, 0.15) is 6.42 Å². The van der Waals surface area contributed by atoms with Gasteiger partial charge in [-0.1, -0.05) is 24.3 Å². The molecule has 0 aromatic carbocycles. The third-order valence-electron chi connectivity index (χ3n) is 1.71. The van der Waals surface area contributed by atoms with Crippen LogP contribution in [0.4, 0.5) is 0 Å². The van der Waals surface area contributed by atoms with E-state index in [1.165, 1.54) is 18.5 Å². The Labute approximate surface area is 56.7 Å². The van der Waals surface area contributed by atoms with Crippen molar-refractivity contribution in [1.29, 1.82) is 0 Å². The van der Waals surface area contributed by atoms with Crippen LogP contribution >= 0.6 is 0 Å². The molecular weight excluding hydrogens is 110 g/mol. The number of allylic oxidation sites excluding steroid dienone is 1. The summed E-state index contributed by atoms with van der Waals surface area (Å²) >= 11 is 0. The zero-order valence-electron chi connectivity index (χ0n) is 5.93. The molecule has 0 saturated heterocycles. The van der Waals surface area contributed by atoms with E-state index in [4.69, 9.17) is 0 Å². The van der Waals surface area contributed by atoms with Gasteiger partial charge in [-0.15, -0.1) is 0 Å². The van der Waals surface area contributed by atoms with Gasteiger partial charge in [0, 0.05) is 13.1 Å². The molecule has 0 atom stereocenters. The predicted molar refractivity (Wildman–Crippen MR) is 40.4 cm³/mol. The van der Waals surface area contributed by atoms with Crippen molar-refractivity contribution in [3.05, 3.63) is 24.3 Å². The summed E-state index contributed by atoms with van der Waals surface area (Å²) < 4.78 is 0. The zero-order valence-corrected chi connectivity index (χ0v) is 5.93. The van der Waals surface area contributed by atoms with Gasteiger partial charge in [-0.2, -0.15) is 0 Å². The second kappa shape index (κ2) is 2.83. The molecule has 50 valence electrons. The van der Waals surface area contributed by atoms with Gasteiger partial charge in [0.05, 0.1) is 0 Å². The third kappa shape index (κ3) is 1.68. The fraction of sp³-hybridized carbons (Fsp3) is 0.500. The van der Waals surface area contributed by atoms with Gasteiger partial charge >= 0.3 is 0 Å². The highest BCUT2D eigenvalue weighted by Gasteiger charge is 2.03. The van der Waals surface area contributed by atoms with Crippen molar-refractivity contribution < 1.29 is 0 Å². The van der Waals surface area contributed by atoms with Crippen LogP contribution in [0.25, 0.3) is 0 Å². The summed E-state index contributed by atoms with van der Waals surface area (Å²) in [5.41, 5.74) is 1.40. The largest absolute Gasteiger partial charge is 0.302 e. The molecule has 0 unspecified atom stereocenters. The van der Waals surface area contributed by atoms with Crippen molar-refractivity contribution in [2.75, 3.05) is 20.1 Å². The van der Waals surface area contributed by atoms with Crippen LogP contribution in [0.3, 0.4) is 0 Å². The average Bonchev–Trinajstić information content (AvgIpc) is 1.90. The maximum Gasteiger partial charge on any atom is 0.0165 e. The number of likely N-dealkylation sites (N-methyl/N-ethyl adjacent to an activating group) is 1. The van der Waals surface area contributed by atoms with Crippen LogP contribution in [-0.2, 0) is 0 Å². The van der Waals surface area contributed by atoms with Crippen molar-refractivity contribution in [3.63, 3.8) is 0 Å². The molecule has 0 aromatic heterocycles. The van der Waals surface area contributed by atoms with Gasteiger partial charge in [0.15, 0.2) is 0 Å². The van der Waals surface area contributed by atoms with Crippen LogP contribution in [0.5, 0.6) is 0 Å². The van der Waals surface area contributed by atoms with Crippen molar-refractivity contribution in [1.82, 2.24) is 4.90 Å². The van der Waals surface area contributed by atoms with E-state index in [-0.39, 0.29) is 0 Å². The fourth-order valence-electron chi connectivity index (χ4n) is 0.972. The second-order valence-electron chi connectivity index (χ2n) is 2.50. The highest BCUT2D eigenvalue weighted by atomic mass is 15.1. The lowest BCUT2D eigenvalue weighted by Crippen LogP contribution is -2.23. The first-order valence-electron chi connectivity index (χ1n) is 3.33. The molecule has 9 heavy (non-hydrogen) atoms. The van der Waals surface area contributed by atoms with Gasteiger partial charge in [-0.05, 0) is 13.5 Å².